The van der Waals surface area contributed by atoms with Crippen LogP contribution in [-0.2, 0) is 20.4 Å². The van der Waals surface area contributed by atoms with Crippen LogP contribution >= 0.6 is 23.1 Å². The standard InChI is InChI=1S/C25H24F3N3O5S2/c1-5-35-22(33)18-13(3)19(23(34)36-6-2)38-21(18)31-20(32)14(4)37-24-29-16(15-10-8-7-9-11-15)12-17(30-24)25(26,27)28/h7-12,14H,5-6H2,1-4H3,(H,31,32). The minimum absolute atomic E-state index is 0.00661. The van der Waals surface area contributed by atoms with E-state index in [1.807, 2.05) is 0 Å². The normalized spacial score (nSPS) is 12.1. The topological polar surface area (TPSA) is 107 Å². The van der Waals surface area contributed by atoms with Crippen LogP contribution in [0.5, 0.6) is 0 Å². The summed E-state index contributed by atoms with van der Waals surface area (Å²) in [6.07, 6.45) is -4.72. The van der Waals surface area contributed by atoms with Crippen LogP contribution in [0.15, 0.2) is 41.6 Å². The summed E-state index contributed by atoms with van der Waals surface area (Å²) in [4.78, 5) is 45.9. The van der Waals surface area contributed by atoms with E-state index < -0.39 is 35.0 Å². The van der Waals surface area contributed by atoms with Crippen molar-refractivity contribution >= 4 is 45.9 Å². The summed E-state index contributed by atoms with van der Waals surface area (Å²) in [5, 5.41) is 1.44. The van der Waals surface area contributed by atoms with Crippen molar-refractivity contribution in [3.63, 3.8) is 0 Å². The molecule has 0 saturated heterocycles. The molecule has 1 N–H and O–H groups in total. The lowest BCUT2D eigenvalue weighted by Gasteiger charge is -2.14. The van der Waals surface area contributed by atoms with Gasteiger partial charge in [0.15, 0.2) is 5.16 Å². The maximum atomic E-state index is 13.5. The van der Waals surface area contributed by atoms with Crippen molar-refractivity contribution in [1.82, 2.24) is 9.97 Å². The third kappa shape index (κ3) is 6.90. The summed E-state index contributed by atoms with van der Waals surface area (Å²) >= 11 is 1.57. The number of amides is 1. The Labute approximate surface area is 225 Å². The molecule has 0 fully saturated rings. The van der Waals surface area contributed by atoms with Crippen molar-refractivity contribution in [2.45, 2.75) is 44.3 Å². The number of esters is 2. The summed E-state index contributed by atoms with van der Waals surface area (Å²) in [5.74, 6) is -2.03. The predicted molar refractivity (Wildman–Crippen MR) is 137 cm³/mol. The molecule has 202 valence electrons. The SMILES string of the molecule is CCOC(=O)c1sc(NC(=O)C(C)Sc2nc(-c3ccccc3)cc(C(F)(F)F)n2)c(C(=O)OCC)c1C. The first kappa shape index (κ1) is 29.1. The van der Waals surface area contributed by atoms with E-state index >= 15 is 0 Å². The van der Waals surface area contributed by atoms with Crippen molar-refractivity contribution in [1.29, 1.82) is 0 Å². The quantitative estimate of drug-likeness (QED) is 0.190. The zero-order chi connectivity index (χ0) is 28.0. The minimum Gasteiger partial charge on any atom is -0.462 e. The molecule has 1 amide bonds. The Morgan fingerprint density at radius 1 is 1.05 bits per heavy atom. The van der Waals surface area contributed by atoms with E-state index in [4.69, 9.17) is 9.47 Å². The van der Waals surface area contributed by atoms with Crippen LogP contribution in [-0.4, -0.2) is 46.3 Å². The second-order valence-electron chi connectivity index (χ2n) is 7.74. The number of hydrogen-bond donors (Lipinski definition) is 1. The molecule has 0 aliphatic carbocycles. The predicted octanol–water partition coefficient (Wildman–Crippen LogP) is 6.01. The van der Waals surface area contributed by atoms with Crippen LogP contribution in [0.4, 0.5) is 18.2 Å². The molecule has 0 saturated carbocycles. The lowest BCUT2D eigenvalue weighted by Crippen LogP contribution is -2.23. The van der Waals surface area contributed by atoms with E-state index in [2.05, 4.69) is 15.3 Å². The average Bonchev–Trinajstić information content (AvgIpc) is 3.19. The van der Waals surface area contributed by atoms with Crippen LogP contribution in [0.25, 0.3) is 11.3 Å². The Bertz CT molecular complexity index is 1330. The number of aromatic nitrogens is 2. The number of carbonyl (C=O) groups is 3. The Hall–Kier alpha value is -3.45. The van der Waals surface area contributed by atoms with Gasteiger partial charge >= 0.3 is 18.1 Å². The highest BCUT2D eigenvalue weighted by Crippen LogP contribution is 2.36. The highest BCUT2D eigenvalue weighted by Gasteiger charge is 2.34. The fraction of sp³-hybridized carbons (Fsp3) is 0.320. The first-order chi connectivity index (χ1) is 18.0. The Morgan fingerprint density at radius 2 is 1.68 bits per heavy atom. The number of halogens is 3. The molecule has 2 aromatic heterocycles. The van der Waals surface area contributed by atoms with E-state index in [-0.39, 0.29) is 45.1 Å². The number of anilines is 1. The van der Waals surface area contributed by atoms with Crippen molar-refractivity contribution in [3.05, 3.63) is 58.1 Å². The third-order valence-electron chi connectivity index (χ3n) is 5.04. The first-order valence-corrected chi connectivity index (χ1v) is 13.1. The van der Waals surface area contributed by atoms with Gasteiger partial charge in [0.2, 0.25) is 5.91 Å². The number of benzene rings is 1. The zero-order valence-corrected chi connectivity index (χ0v) is 22.5. The number of nitrogens with zero attached hydrogens (tertiary/aromatic N) is 2. The number of alkyl halides is 3. The van der Waals surface area contributed by atoms with Crippen LogP contribution in [0, 0.1) is 6.92 Å². The van der Waals surface area contributed by atoms with E-state index in [0.717, 1.165) is 29.2 Å². The van der Waals surface area contributed by atoms with Gasteiger partial charge in [0.25, 0.3) is 0 Å². The van der Waals surface area contributed by atoms with Crippen molar-refractivity contribution in [2.75, 3.05) is 18.5 Å². The van der Waals surface area contributed by atoms with Crippen LogP contribution in [0.1, 0.15) is 52.1 Å². The molecule has 3 rings (SSSR count). The monoisotopic (exact) mass is 567 g/mol. The summed E-state index contributed by atoms with van der Waals surface area (Å²) < 4.78 is 50.7. The third-order valence-corrected chi connectivity index (χ3v) is 7.19. The van der Waals surface area contributed by atoms with Gasteiger partial charge in [0, 0.05) is 5.56 Å². The molecule has 8 nitrogen and oxygen atoms in total. The maximum Gasteiger partial charge on any atom is 0.433 e. The Kier molecular flexibility index (Phi) is 9.50. The zero-order valence-electron chi connectivity index (χ0n) is 20.8. The molecule has 1 unspecified atom stereocenters. The smallest absolute Gasteiger partial charge is 0.433 e. The van der Waals surface area contributed by atoms with Crippen molar-refractivity contribution < 1.29 is 37.0 Å². The molecule has 3 aromatic rings. The first-order valence-electron chi connectivity index (χ1n) is 11.4. The van der Waals surface area contributed by atoms with Gasteiger partial charge in [-0.2, -0.15) is 13.2 Å². The molecule has 0 aliphatic heterocycles. The average molecular weight is 568 g/mol. The molecular weight excluding hydrogens is 543 g/mol. The number of hydrogen-bond acceptors (Lipinski definition) is 9. The number of carbonyl (C=O) groups excluding carboxylic acids is 3. The largest absolute Gasteiger partial charge is 0.462 e. The minimum atomic E-state index is -4.72. The van der Waals surface area contributed by atoms with Crippen molar-refractivity contribution in [2.24, 2.45) is 0 Å². The fourth-order valence-electron chi connectivity index (χ4n) is 3.25. The molecule has 0 spiro atoms. The lowest BCUT2D eigenvalue weighted by molar-refractivity contribution is -0.141. The van der Waals surface area contributed by atoms with Gasteiger partial charge in [-0.05, 0) is 39.3 Å². The van der Waals surface area contributed by atoms with Gasteiger partial charge in [0.1, 0.15) is 15.6 Å². The highest BCUT2D eigenvalue weighted by atomic mass is 32.2. The molecule has 2 heterocycles. The van der Waals surface area contributed by atoms with E-state index in [1.165, 1.54) is 13.8 Å². The number of rotatable bonds is 9. The van der Waals surface area contributed by atoms with Gasteiger partial charge < -0.3 is 14.8 Å². The van der Waals surface area contributed by atoms with E-state index in [1.54, 1.807) is 44.2 Å². The van der Waals surface area contributed by atoms with Gasteiger partial charge in [-0.15, -0.1) is 11.3 Å². The van der Waals surface area contributed by atoms with E-state index in [9.17, 15) is 27.6 Å². The number of thiophene rings is 1. The molecule has 13 heteroatoms. The molecule has 1 aromatic carbocycles. The molecule has 38 heavy (non-hydrogen) atoms. The summed E-state index contributed by atoms with van der Waals surface area (Å²) in [5.41, 5.74) is -0.332. The second kappa shape index (κ2) is 12.4. The fourth-order valence-corrected chi connectivity index (χ4v) is 5.12. The number of thioether (sulfide) groups is 1. The highest BCUT2D eigenvalue weighted by molar-refractivity contribution is 8.00. The molecular formula is C25H24F3N3O5S2. The van der Waals surface area contributed by atoms with Gasteiger partial charge in [-0.3, -0.25) is 4.79 Å². The summed E-state index contributed by atoms with van der Waals surface area (Å²) in [6, 6.07) is 9.14. The summed E-state index contributed by atoms with van der Waals surface area (Å²) in [6.45, 7) is 6.42. The van der Waals surface area contributed by atoms with Crippen LogP contribution < -0.4 is 5.32 Å². The van der Waals surface area contributed by atoms with Gasteiger partial charge in [-0.1, -0.05) is 42.1 Å². The van der Waals surface area contributed by atoms with Crippen LogP contribution in [0.3, 0.4) is 0 Å². The maximum absolute atomic E-state index is 13.5. The molecule has 0 radical (unpaired) electrons. The second-order valence-corrected chi connectivity index (χ2v) is 10.1. The van der Waals surface area contributed by atoms with Gasteiger partial charge in [-0.25, -0.2) is 19.6 Å². The Morgan fingerprint density at radius 3 is 2.29 bits per heavy atom. The van der Waals surface area contributed by atoms with Crippen molar-refractivity contribution in [3.8, 4) is 11.3 Å². The summed E-state index contributed by atoms with van der Waals surface area (Å²) in [7, 11) is 0. The number of nitrogens with one attached hydrogen (secondary N) is 1. The lowest BCUT2D eigenvalue weighted by atomic mass is 10.1. The van der Waals surface area contributed by atoms with Crippen LogP contribution in [0.2, 0.25) is 0 Å². The van der Waals surface area contributed by atoms with Gasteiger partial charge in [0.05, 0.1) is 29.7 Å². The number of ether oxygens (including phenoxy) is 2. The Balaban J connectivity index is 1.90. The molecule has 0 aliphatic rings. The van der Waals surface area contributed by atoms with E-state index in [0.29, 0.717) is 5.56 Å². The molecule has 0 bridgehead atoms. The molecule has 1 atom stereocenters.